The highest BCUT2D eigenvalue weighted by Gasteiger charge is 2.62. The van der Waals surface area contributed by atoms with Crippen LogP contribution in [0.3, 0.4) is 0 Å². The zero-order valence-corrected chi connectivity index (χ0v) is 13.2. The fraction of sp³-hybridized carbons (Fsp3) is 0.929. The maximum absolute atomic E-state index is 12.3. The molecular formula is C14H25NO4S. The number of carbonyl (C=O) groups excluding carboxylic acids is 1. The van der Waals surface area contributed by atoms with Gasteiger partial charge >= 0.3 is 0 Å². The van der Waals surface area contributed by atoms with E-state index in [0.29, 0.717) is 39.1 Å². The first kappa shape index (κ1) is 15.8. The molecule has 0 aromatic rings. The summed E-state index contributed by atoms with van der Waals surface area (Å²) >= 11 is 0. The molecule has 20 heavy (non-hydrogen) atoms. The Morgan fingerprint density at radius 1 is 1.35 bits per heavy atom. The van der Waals surface area contributed by atoms with Gasteiger partial charge in [-0.15, -0.1) is 0 Å². The SMILES string of the molecule is CCCCC(=O)N1CC2(C1)[C@H](COCC)CCS2(=O)=O. The fourth-order valence-electron chi connectivity index (χ4n) is 3.23. The predicted molar refractivity (Wildman–Crippen MR) is 77.2 cm³/mol. The average molecular weight is 303 g/mol. The van der Waals surface area contributed by atoms with Gasteiger partial charge in [-0.05, 0) is 19.8 Å². The maximum Gasteiger partial charge on any atom is 0.222 e. The number of rotatable bonds is 6. The van der Waals surface area contributed by atoms with E-state index < -0.39 is 14.6 Å². The largest absolute Gasteiger partial charge is 0.381 e. The summed E-state index contributed by atoms with van der Waals surface area (Å²) in [5.41, 5.74) is 0. The molecule has 0 radical (unpaired) electrons. The van der Waals surface area contributed by atoms with Gasteiger partial charge in [0, 0.05) is 32.0 Å². The lowest BCUT2D eigenvalue weighted by Gasteiger charge is -2.50. The summed E-state index contributed by atoms with van der Waals surface area (Å²) in [5.74, 6) is 0.374. The number of ether oxygens (including phenoxy) is 1. The van der Waals surface area contributed by atoms with Crippen LogP contribution in [0.2, 0.25) is 0 Å². The van der Waals surface area contributed by atoms with Crippen LogP contribution in [0.1, 0.15) is 39.5 Å². The van der Waals surface area contributed by atoms with Crippen LogP contribution >= 0.6 is 0 Å². The Balaban J connectivity index is 2.01. The first-order valence-corrected chi connectivity index (χ1v) is 9.20. The van der Waals surface area contributed by atoms with Crippen molar-refractivity contribution in [3.63, 3.8) is 0 Å². The van der Waals surface area contributed by atoms with E-state index in [1.165, 1.54) is 0 Å². The van der Waals surface area contributed by atoms with Gasteiger partial charge in [0.1, 0.15) is 4.75 Å². The second kappa shape index (κ2) is 6.02. The van der Waals surface area contributed by atoms with E-state index in [1.807, 2.05) is 13.8 Å². The molecule has 0 N–H and O–H groups in total. The predicted octanol–water partition coefficient (Wildman–Crippen LogP) is 1.23. The van der Waals surface area contributed by atoms with Crippen LogP contribution < -0.4 is 0 Å². The minimum Gasteiger partial charge on any atom is -0.381 e. The molecule has 116 valence electrons. The Hall–Kier alpha value is -0.620. The molecule has 2 heterocycles. The highest BCUT2D eigenvalue weighted by atomic mass is 32.2. The molecule has 1 amide bonds. The lowest BCUT2D eigenvalue weighted by molar-refractivity contribution is -0.138. The molecule has 0 aromatic heterocycles. The summed E-state index contributed by atoms with van der Waals surface area (Å²) in [5, 5.41) is 0. The van der Waals surface area contributed by atoms with Crippen molar-refractivity contribution >= 4 is 15.7 Å². The molecule has 2 rings (SSSR count). The number of amides is 1. The summed E-state index contributed by atoms with van der Waals surface area (Å²) in [6, 6.07) is 0. The molecule has 5 nitrogen and oxygen atoms in total. The lowest BCUT2D eigenvalue weighted by atomic mass is 9.83. The number of nitrogens with zero attached hydrogens (tertiary/aromatic N) is 1. The number of unbranched alkanes of at least 4 members (excludes halogenated alkanes) is 1. The molecule has 0 aliphatic carbocycles. The molecule has 6 heteroatoms. The Bertz CT molecular complexity index is 454. The van der Waals surface area contributed by atoms with E-state index in [1.54, 1.807) is 4.90 Å². The van der Waals surface area contributed by atoms with Gasteiger partial charge in [-0.2, -0.15) is 0 Å². The van der Waals surface area contributed by atoms with Gasteiger partial charge in [0.15, 0.2) is 9.84 Å². The van der Waals surface area contributed by atoms with Crippen LogP contribution in [0.15, 0.2) is 0 Å². The first-order chi connectivity index (χ1) is 9.47. The highest BCUT2D eigenvalue weighted by molar-refractivity contribution is 7.93. The summed E-state index contributed by atoms with van der Waals surface area (Å²) in [4.78, 5) is 13.7. The third-order valence-corrected chi connectivity index (χ3v) is 7.24. The molecule has 2 aliphatic rings. The Morgan fingerprint density at radius 2 is 2.05 bits per heavy atom. The van der Waals surface area contributed by atoms with Crippen molar-refractivity contribution in [3.05, 3.63) is 0 Å². The van der Waals surface area contributed by atoms with Crippen molar-refractivity contribution < 1.29 is 17.9 Å². The minimum absolute atomic E-state index is 0.0441. The van der Waals surface area contributed by atoms with Crippen molar-refractivity contribution in [3.8, 4) is 0 Å². The number of likely N-dealkylation sites (tertiary alicyclic amines) is 1. The first-order valence-electron chi connectivity index (χ1n) is 7.54. The van der Waals surface area contributed by atoms with Gasteiger partial charge in [-0.25, -0.2) is 8.42 Å². The summed E-state index contributed by atoms with van der Waals surface area (Å²) in [6.07, 6.45) is 3.05. The molecule has 2 aliphatic heterocycles. The number of carbonyl (C=O) groups is 1. The third kappa shape index (κ3) is 2.60. The Kier molecular flexibility index (Phi) is 4.74. The zero-order chi connectivity index (χ0) is 14.8. The summed E-state index contributed by atoms with van der Waals surface area (Å²) in [7, 11) is -3.09. The zero-order valence-electron chi connectivity index (χ0n) is 12.4. The minimum atomic E-state index is -3.09. The van der Waals surface area contributed by atoms with Crippen molar-refractivity contribution in [1.29, 1.82) is 0 Å². The smallest absolute Gasteiger partial charge is 0.222 e. The third-order valence-electron chi connectivity index (χ3n) is 4.64. The molecule has 0 unspecified atom stereocenters. The van der Waals surface area contributed by atoms with E-state index in [0.717, 1.165) is 12.8 Å². The van der Waals surface area contributed by atoms with E-state index in [-0.39, 0.29) is 17.6 Å². The average Bonchev–Trinajstić information content (AvgIpc) is 2.62. The molecule has 0 saturated carbocycles. The normalized spacial score (nSPS) is 26.7. The van der Waals surface area contributed by atoms with Crippen molar-refractivity contribution in [1.82, 2.24) is 4.90 Å². The van der Waals surface area contributed by atoms with Gasteiger partial charge in [0.25, 0.3) is 0 Å². The van der Waals surface area contributed by atoms with Crippen LogP contribution in [0, 0.1) is 5.92 Å². The molecule has 2 fully saturated rings. The van der Waals surface area contributed by atoms with Gasteiger partial charge in [0.05, 0.1) is 12.4 Å². The highest BCUT2D eigenvalue weighted by Crippen LogP contribution is 2.45. The van der Waals surface area contributed by atoms with Crippen molar-refractivity contribution in [2.45, 2.75) is 44.3 Å². The maximum atomic E-state index is 12.3. The van der Waals surface area contributed by atoms with Gasteiger partial charge in [-0.3, -0.25) is 4.79 Å². The molecular weight excluding hydrogens is 278 g/mol. The second-order valence-corrected chi connectivity index (χ2v) is 8.33. The quantitative estimate of drug-likeness (QED) is 0.740. The Labute approximate surface area is 121 Å². The van der Waals surface area contributed by atoms with Crippen molar-refractivity contribution in [2.24, 2.45) is 5.92 Å². The lowest BCUT2D eigenvalue weighted by Crippen LogP contribution is -2.68. The molecule has 1 atom stereocenters. The standard InChI is InChI=1S/C14H25NO4S/c1-3-5-6-13(16)15-10-14(11-15)12(9-19-4-2)7-8-20(14,17)18/h12H,3-11H2,1-2H3/t12-/m0/s1. The summed E-state index contributed by atoms with van der Waals surface area (Å²) in [6.45, 7) is 5.80. The van der Waals surface area contributed by atoms with Crippen LogP contribution in [0.4, 0.5) is 0 Å². The van der Waals surface area contributed by atoms with E-state index in [9.17, 15) is 13.2 Å². The van der Waals surface area contributed by atoms with Crippen molar-refractivity contribution in [2.75, 3.05) is 32.1 Å². The molecule has 0 aromatic carbocycles. The van der Waals surface area contributed by atoms with Gasteiger partial charge in [-0.1, -0.05) is 13.3 Å². The Morgan fingerprint density at radius 3 is 2.65 bits per heavy atom. The fourth-order valence-corrected chi connectivity index (χ4v) is 5.63. The number of sulfone groups is 1. The monoisotopic (exact) mass is 303 g/mol. The van der Waals surface area contributed by atoms with E-state index in [4.69, 9.17) is 4.74 Å². The van der Waals surface area contributed by atoms with Crippen LogP contribution in [0.25, 0.3) is 0 Å². The molecule has 0 bridgehead atoms. The van der Waals surface area contributed by atoms with E-state index >= 15 is 0 Å². The number of hydrogen-bond donors (Lipinski definition) is 0. The number of hydrogen-bond acceptors (Lipinski definition) is 4. The van der Waals surface area contributed by atoms with Gasteiger partial charge in [0.2, 0.25) is 5.91 Å². The van der Waals surface area contributed by atoms with Crippen LogP contribution in [-0.4, -0.2) is 56.0 Å². The van der Waals surface area contributed by atoms with E-state index in [2.05, 4.69) is 0 Å². The topological polar surface area (TPSA) is 63.7 Å². The second-order valence-electron chi connectivity index (χ2n) is 5.88. The van der Waals surface area contributed by atoms with Gasteiger partial charge < -0.3 is 9.64 Å². The molecule has 2 saturated heterocycles. The van der Waals surface area contributed by atoms with Crippen LogP contribution in [-0.2, 0) is 19.4 Å². The summed E-state index contributed by atoms with van der Waals surface area (Å²) < 4.78 is 29.4. The molecule has 1 spiro atoms. The van der Waals surface area contributed by atoms with Crippen LogP contribution in [0.5, 0.6) is 0 Å².